The number of hydrogen-bond acceptors (Lipinski definition) is 7. The van der Waals surface area contributed by atoms with E-state index < -0.39 is 0 Å². The first-order chi connectivity index (χ1) is 13.6. The molecular formula is C20H15N3O3S2. The van der Waals surface area contributed by atoms with Gasteiger partial charge in [0.05, 0.1) is 17.1 Å². The van der Waals surface area contributed by atoms with Crippen LogP contribution in [0.1, 0.15) is 5.76 Å². The van der Waals surface area contributed by atoms with E-state index in [0.717, 1.165) is 40.1 Å². The number of likely N-dealkylation sites (N-methyl/N-ethyl adjacent to an activating group) is 1. The lowest BCUT2D eigenvalue weighted by molar-refractivity contribution is -0.115. The van der Waals surface area contributed by atoms with Gasteiger partial charge in [-0.05, 0) is 23.8 Å². The molecule has 4 heterocycles. The fourth-order valence-corrected chi connectivity index (χ4v) is 4.36. The zero-order chi connectivity index (χ0) is 19.3. The van der Waals surface area contributed by atoms with Crippen molar-refractivity contribution in [3.05, 3.63) is 47.3 Å². The van der Waals surface area contributed by atoms with Crippen molar-refractivity contribution >= 4 is 56.9 Å². The van der Waals surface area contributed by atoms with E-state index in [2.05, 4.69) is 28.3 Å². The Morgan fingerprint density at radius 1 is 1.32 bits per heavy atom. The third-order valence-electron chi connectivity index (χ3n) is 4.72. The number of benzene rings is 1. The van der Waals surface area contributed by atoms with Gasteiger partial charge in [0.1, 0.15) is 28.0 Å². The molecule has 2 aliphatic heterocycles. The summed E-state index contributed by atoms with van der Waals surface area (Å²) in [6, 6.07) is 7.98. The van der Waals surface area contributed by atoms with Gasteiger partial charge in [-0.3, -0.25) is 9.78 Å². The fraction of sp³-hybridized carbons (Fsp3) is 0.150. The van der Waals surface area contributed by atoms with Crippen molar-refractivity contribution < 1.29 is 13.9 Å². The number of anilines is 1. The highest BCUT2D eigenvalue weighted by Crippen LogP contribution is 2.38. The Bertz CT molecular complexity index is 1170. The zero-order valence-corrected chi connectivity index (χ0v) is 16.5. The van der Waals surface area contributed by atoms with E-state index in [1.165, 1.54) is 11.8 Å². The van der Waals surface area contributed by atoms with Crippen LogP contribution < -0.4 is 15.0 Å². The highest BCUT2D eigenvalue weighted by atomic mass is 32.2. The summed E-state index contributed by atoms with van der Waals surface area (Å²) in [6.45, 7) is 1.53. The molecule has 2 aromatic heterocycles. The smallest absolute Gasteiger partial charge is 0.263 e. The highest BCUT2D eigenvalue weighted by Gasteiger charge is 2.23. The predicted molar refractivity (Wildman–Crippen MR) is 115 cm³/mol. The summed E-state index contributed by atoms with van der Waals surface area (Å²) >= 11 is 6.26. The predicted octanol–water partition coefficient (Wildman–Crippen LogP) is 3.81. The zero-order valence-electron chi connectivity index (χ0n) is 14.9. The number of aromatic nitrogens is 1. The average Bonchev–Trinajstić information content (AvgIpc) is 3.23. The van der Waals surface area contributed by atoms with Crippen LogP contribution in [-0.2, 0) is 4.79 Å². The molecule has 0 bridgehead atoms. The molecule has 3 aromatic rings. The molecule has 1 aromatic carbocycles. The summed E-state index contributed by atoms with van der Waals surface area (Å²) in [7, 11) is 2.05. The van der Waals surface area contributed by atoms with Crippen LogP contribution in [0.2, 0.25) is 0 Å². The van der Waals surface area contributed by atoms with Crippen LogP contribution in [0.25, 0.3) is 28.2 Å². The second-order valence-corrected chi connectivity index (χ2v) is 8.28. The Morgan fingerprint density at radius 3 is 3.04 bits per heavy atom. The molecule has 28 heavy (non-hydrogen) atoms. The number of thioether (sulfide) groups is 1. The van der Waals surface area contributed by atoms with E-state index in [9.17, 15) is 4.79 Å². The standard InChI is InChI=1S/C20H15N3O3S2/c1-23-4-5-25-16-7-11(2-3-15(16)23)14-10-21-9-12-6-13(26-18(12)14)8-17-19(24)22-20(27)28-17/h2-3,6-10H,4-5H2,1H3,(H,22,24,27)/b17-8+. The SMILES string of the molecule is CN1CCOc2cc(-c3cncc4cc(/C=C5/SC(=S)NC5=O)oc34)ccc21. The summed E-state index contributed by atoms with van der Waals surface area (Å²) in [5, 5.41) is 3.47. The van der Waals surface area contributed by atoms with Crippen LogP contribution in [0.5, 0.6) is 5.75 Å². The summed E-state index contributed by atoms with van der Waals surface area (Å²) in [6.07, 6.45) is 5.23. The van der Waals surface area contributed by atoms with Gasteiger partial charge >= 0.3 is 0 Å². The number of carbonyl (C=O) groups excluding carboxylic acids is 1. The Morgan fingerprint density at radius 2 is 2.21 bits per heavy atom. The molecule has 0 radical (unpaired) electrons. The van der Waals surface area contributed by atoms with Crippen LogP contribution in [0.4, 0.5) is 5.69 Å². The van der Waals surface area contributed by atoms with Crippen LogP contribution in [0.15, 0.2) is 46.0 Å². The molecule has 140 valence electrons. The van der Waals surface area contributed by atoms with Gasteiger partial charge in [-0.1, -0.05) is 30.0 Å². The van der Waals surface area contributed by atoms with Crippen molar-refractivity contribution in [1.29, 1.82) is 0 Å². The molecule has 0 aliphatic carbocycles. The first kappa shape index (κ1) is 17.3. The van der Waals surface area contributed by atoms with Crippen molar-refractivity contribution in [2.75, 3.05) is 25.1 Å². The minimum atomic E-state index is -0.204. The van der Waals surface area contributed by atoms with Gasteiger partial charge in [0, 0.05) is 36.5 Å². The van der Waals surface area contributed by atoms with Crippen LogP contribution in [0, 0.1) is 0 Å². The molecule has 2 aliphatic rings. The van der Waals surface area contributed by atoms with Gasteiger partial charge in [0.2, 0.25) is 0 Å². The van der Waals surface area contributed by atoms with E-state index in [4.69, 9.17) is 21.4 Å². The number of nitrogens with one attached hydrogen (secondary N) is 1. The van der Waals surface area contributed by atoms with E-state index in [1.54, 1.807) is 18.5 Å². The number of hydrogen-bond donors (Lipinski definition) is 1. The first-order valence-corrected chi connectivity index (χ1v) is 9.92. The first-order valence-electron chi connectivity index (χ1n) is 8.69. The number of nitrogens with zero attached hydrogens (tertiary/aromatic N) is 2. The van der Waals surface area contributed by atoms with Crippen LogP contribution >= 0.6 is 24.0 Å². The van der Waals surface area contributed by atoms with Gasteiger partial charge in [-0.2, -0.15) is 0 Å². The molecule has 1 amide bonds. The van der Waals surface area contributed by atoms with Gasteiger partial charge < -0.3 is 19.4 Å². The molecule has 0 saturated carbocycles. The Kier molecular flexibility index (Phi) is 4.10. The maximum absolute atomic E-state index is 11.9. The van der Waals surface area contributed by atoms with E-state index in [0.29, 0.717) is 21.6 Å². The number of furan rings is 1. The number of pyridine rings is 1. The Hall–Kier alpha value is -2.84. The summed E-state index contributed by atoms with van der Waals surface area (Å²) in [5.41, 5.74) is 3.63. The maximum atomic E-state index is 11.9. The lowest BCUT2D eigenvalue weighted by Crippen LogP contribution is -2.28. The monoisotopic (exact) mass is 409 g/mol. The quantitative estimate of drug-likeness (QED) is 0.510. The van der Waals surface area contributed by atoms with Crippen molar-refractivity contribution in [2.45, 2.75) is 0 Å². The normalized spacial score (nSPS) is 17.8. The largest absolute Gasteiger partial charge is 0.490 e. The van der Waals surface area contributed by atoms with Crippen molar-refractivity contribution in [2.24, 2.45) is 0 Å². The van der Waals surface area contributed by atoms with Gasteiger partial charge in [-0.25, -0.2) is 0 Å². The maximum Gasteiger partial charge on any atom is 0.263 e. The molecule has 6 nitrogen and oxygen atoms in total. The molecule has 5 rings (SSSR count). The van der Waals surface area contributed by atoms with Gasteiger partial charge in [0.25, 0.3) is 5.91 Å². The minimum Gasteiger partial charge on any atom is -0.490 e. The summed E-state index contributed by atoms with van der Waals surface area (Å²) in [4.78, 5) is 18.9. The summed E-state index contributed by atoms with van der Waals surface area (Å²) in [5.74, 6) is 1.23. The van der Waals surface area contributed by atoms with Crippen LogP contribution in [0.3, 0.4) is 0 Å². The van der Waals surface area contributed by atoms with Crippen molar-refractivity contribution in [3.63, 3.8) is 0 Å². The number of amides is 1. The fourth-order valence-electron chi connectivity index (χ4n) is 3.33. The van der Waals surface area contributed by atoms with Crippen LogP contribution in [-0.4, -0.2) is 35.4 Å². The number of carbonyl (C=O) groups is 1. The molecule has 1 N–H and O–H groups in total. The second kappa shape index (κ2) is 6.65. The third-order valence-corrected chi connectivity index (χ3v) is 5.89. The average molecular weight is 409 g/mol. The minimum absolute atomic E-state index is 0.204. The topological polar surface area (TPSA) is 67.6 Å². The van der Waals surface area contributed by atoms with E-state index in [1.807, 2.05) is 18.2 Å². The molecular weight excluding hydrogens is 394 g/mol. The highest BCUT2D eigenvalue weighted by molar-refractivity contribution is 8.26. The lowest BCUT2D eigenvalue weighted by Gasteiger charge is -2.28. The second-order valence-electron chi connectivity index (χ2n) is 6.56. The Balaban J connectivity index is 1.58. The van der Waals surface area contributed by atoms with E-state index >= 15 is 0 Å². The third kappa shape index (κ3) is 2.94. The van der Waals surface area contributed by atoms with E-state index in [-0.39, 0.29) is 5.91 Å². The van der Waals surface area contributed by atoms with Gasteiger partial charge in [-0.15, -0.1) is 0 Å². The number of rotatable bonds is 2. The van der Waals surface area contributed by atoms with Crippen molar-refractivity contribution in [1.82, 2.24) is 10.3 Å². The molecule has 0 atom stereocenters. The molecule has 1 fully saturated rings. The number of thiocarbonyl (C=S) groups is 1. The molecule has 1 saturated heterocycles. The Labute approximate surface area is 170 Å². The lowest BCUT2D eigenvalue weighted by atomic mass is 10.0. The van der Waals surface area contributed by atoms with Gasteiger partial charge in [0.15, 0.2) is 0 Å². The summed E-state index contributed by atoms with van der Waals surface area (Å²) < 4.78 is 12.3. The number of ether oxygens (including phenoxy) is 1. The molecule has 0 unspecified atom stereocenters. The number of fused-ring (bicyclic) bond motifs is 2. The van der Waals surface area contributed by atoms with Crippen molar-refractivity contribution in [3.8, 4) is 16.9 Å². The molecule has 0 spiro atoms. The molecule has 8 heteroatoms.